The number of nitrogens with one attached hydrogen (secondary N) is 2. The molecule has 11 heavy (non-hydrogen) atoms. The van der Waals surface area contributed by atoms with Gasteiger partial charge in [-0.2, -0.15) is 5.26 Å². The van der Waals surface area contributed by atoms with Crippen LogP contribution in [0.25, 0.3) is 0 Å². The van der Waals surface area contributed by atoms with Gasteiger partial charge in [-0.3, -0.25) is 4.79 Å². The third-order valence-electron chi connectivity index (χ3n) is 1.38. The number of carbonyl (C=O) groups excluding carboxylic acids is 1. The highest BCUT2D eigenvalue weighted by Crippen LogP contribution is 1.98. The summed E-state index contributed by atoms with van der Waals surface area (Å²) in [5.41, 5.74) is 5.61. The van der Waals surface area contributed by atoms with Gasteiger partial charge in [-0.25, -0.2) is 5.43 Å². The number of carbonyl (C=O) groups is 1. The van der Waals surface area contributed by atoms with Crippen LogP contribution in [0.3, 0.4) is 0 Å². The summed E-state index contributed by atoms with van der Waals surface area (Å²) < 4.78 is 0. The zero-order valence-electron chi connectivity index (χ0n) is 6.03. The number of hydrogen-bond acceptors (Lipinski definition) is 5. The Bertz CT molecular complexity index is 229. The molecule has 1 unspecified atom stereocenters. The van der Waals surface area contributed by atoms with E-state index in [4.69, 9.17) is 5.26 Å². The van der Waals surface area contributed by atoms with E-state index in [9.17, 15) is 4.79 Å². The van der Waals surface area contributed by atoms with Crippen molar-refractivity contribution in [3.05, 3.63) is 11.9 Å². The summed E-state index contributed by atoms with van der Waals surface area (Å²) >= 11 is 0. The normalized spacial score (nSPS) is 23.1. The van der Waals surface area contributed by atoms with E-state index in [2.05, 4.69) is 10.9 Å². The third-order valence-corrected chi connectivity index (χ3v) is 1.38. The molecule has 0 aromatic carbocycles. The number of hydrogen-bond donors (Lipinski definition) is 2. The molecular formula is C6H8N4O. The van der Waals surface area contributed by atoms with Crippen LogP contribution in [0.1, 0.15) is 0 Å². The number of nitrogens with zero attached hydrogens (tertiary/aromatic N) is 2. The molecule has 0 spiro atoms. The van der Waals surface area contributed by atoms with Gasteiger partial charge < -0.3 is 10.3 Å². The number of aldehydes is 1. The van der Waals surface area contributed by atoms with Crippen molar-refractivity contribution in [1.29, 1.82) is 5.26 Å². The standard InChI is InChI=1S/C6H8N4O/c1-10-3-5(2-7)8-9-6(10)4-11/h3-4,6,8-9H,1H3. The molecule has 1 heterocycles. The minimum absolute atomic E-state index is 0.394. The third kappa shape index (κ3) is 1.48. The van der Waals surface area contributed by atoms with E-state index >= 15 is 0 Å². The Hall–Kier alpha value is -1.54. The molecule has 1 aliphatic heterocycles. The molecule has 0 radical (unpaired) electrons. The Balaban J connectivity index is 2.71. The van der Waals surface area contributed by atoms with E-state index in [1.54, 1.807) is 18.1 Å². The van der Waals surface area contributed by atoms with Gasteiger partial charge in [-0.1, -0.05) is 0 Å². The van der Waals surface area contributed by atoms with Crippen LogP contribution in [0, 0.1) is 11.3 Å². The average molecular weight is 152 g/mol. The Morgan fingerprint density at radius 3 is 3.09 bits per heavy atom. The van der Waals surface area contributed by atoms with E-state index in [1.807, 2.05) is 6.07 Å². The van der Waals surface area contributed by atoms with E-state index in [1.165, 1.54) is 0 Å². The fourth-order valence-corrected chi connectivity index (χ4v) is 0.757. The van der Waals surface area contributed by atoms with Crippen molar-refractivity contribution in [2.24, 2.45) is 0 Å². The molecule has 1 atom stereocenters. The summed E-state index contributed by atoms with van der Waals surface area (Å²) in [5, 5.41) is 8.43. The largest absolute Gasteiger partial charge is 0.355 e. The van der Waals surface area contributed by atoms with Crippen molar-refractivity contribution in [2.45, 2.75) is 6.17 Å². The summed E-state index contributed by atoms with van der Waals surface area (Å²) in [6.07, 6.45) is 1.92. The maximum absolute atomic E-state index is 10.3. The Labute approximate surface area is 64.3 Å². The van der Waals surface area contributed by atoms with Crippen molar-refractivity contribution in [1.82, 2.24) is 15.8 Å². The maximum Gasteiger partial charge on any atom is 0.158 e. The van der Waals surface area contributed by atoms with Gasteiger partial charge in [0.05, 0.1) is 0 Å². The molecule has 0 bridgehead atoms. The summed E-state index contributed by atoms with van der Waals surface area (Å²) in [6, 6.07) is 1.91. The molecule has 2 N–H and O–H groups in total. The topological polar surface area (TPSA) is 68.2 Å². The second-order valence-corrected chi connectivity index (χ2v) is 2.17. The molecule has 0 aromatic rings. The van der Waals surface area contributed by atoms with Crippen LogP contribution < -0.4 is 10.9 Å². The molecule has 58 valence electrons. The van der Waals surface area contributed by atoms with E-state index in [-0.39, 0.29) is 0 Å². The first-order chi connectivity index (χ1) is 5.27. The minimum atomic E-state index is -0.396. The van der Waals surface area contributed by atoms with Crippen LogP contribution in [0.5, 0.6) is 0 Å². The molecule has 1 aliphatic rings. The first-order valence-electron chi connectivity index (χ1n) is 3.08. The number of allylic oxidation sites excluding steroid dienone is 1. The van der Waals surface area contributed by atoms with Crippen LogP contribution >= 0.6 is 0 Å². The van der Waals surface area contributed by atoms with Crippen molar-refractivity contribution < 1.29 is 4.79 Å². The van der Waals surface area contributed by atoms with Crippen molar-refractivity contribution >= 4 is 6.29 Å². The number of hydrazine groups is 1. The lowest BCUT2D eigenvalue weighted by molar-refractivity contribution is -0.112. The molecule has 0 saturated heterocycles. The molecule has 0 aliphatic carbocycles. The van der Waals surface area contributed by atoms with E-state index < -0.39 is 6.17 Å². The number of rotatable bonds is 1. The van der Waals surface area contributed by atoms with Crippen molar-refractivity contribution in [2.75, 3.05) is 7.05 Å². The van der Waals surface area contributed by atoms with Gasteiger partial charge in [0.1, 0.15) is 11.8 Å². The fraction of sp³-hybridized carbons (Fsp3) is 0.333. The van der Waals surface area contributed by atoms with Crippen LogP contribution in [0.15, 0.2) is 11.9 Å². The fourth-order valence-electron chi connectivity index (χ4n) is 0.757. The molecule has 5 heteroatoms. The molecule has 0 saturated carbocycles. The van der Waals surface area contributed by atoms with E-state index in [0.717, 1.165) is 6.29 Å². The van der Waals surface area contributed by atoms with E-state index in [0.29, 0.717) is 5.70 Å². The van der Waals surface area contributed by atoms with Gasteiger partial charge >= 0.3 is 0 Å². The summed E-state index contributed by atoms with van der Waals surface area (Å²) in [5.74, 6) is 0. The SMILES string of the molecule is CN1C=C(C#N)NNC1C=O. The van der Waals surface area contributed by atoms with Gasteiger partial charge in [0.15, 0.2) is 12.5 Å². The molecular weight excluding hydrogens is 144 g/mol. The zero-order valence-corrected chi connectivity index (χ0v) is 6.03. The summed E-state index contributed by atoms with van der Waals surface area (Å²) in [4.78, 5) is 11.9. The molecule has 0 aromatic heterocycles. The lowest BCUT2D eigenvalue weighted by Gasteiger charge is -2.28. The maximum atomic E-state index is 10.3. The van der Waals surface area contributed by atoms with Crippen LogP contribution in [0.2, 0.25) is 0 Å². The predicted octanol–water partition coefficient (Wildman–Crippen LogP) is -1.08. The Morgan fingerprint density at radius 2 is 2.64 bits per heavy atom. The number of likely N-dealkylation sites (N-methyl/N-ethyl adjacent to an activating group) is 1. The average Bonchev–Trinajstić information content (AvgIpc) is 2.04. The highest BCUT2D eigenvalue weighted by Gasteiger charge is 2.15. The molecule has 0 fully saturated rings. The van der Waals surface area contributed by atoms with Crippen LogP contribution in [-0.4, -0.2) is 24.4 Å². The quantitative estimate of drug-likeness (QED) is 0.467. The highest BCUT2D eigenvalue weighted by atomic mass is 16.1. The van der Waals surface area contributed by atoms with Gasteiger partial charge in [-0.05, 0) is 0 Å². The lowest BCUT2D eigenvalue weighted by Crippen LogP contribution is -2.52. The molecule has 5 nitrogen and oxygen atoms in total. The van der Waals surface area contributed by atoms with Crippen LogP contribution in [-0.2, 0) is 4.79 Å². The van der Waals surface area contributed by atoms with Gasteiger partial charge in [0.25, 0.3) is 0 Å². The number of nitriles is 1. The smallest absolute Gasteiger partial charge is 0.158 e. The monoisotopic (exact) mass is 152 g/mol. The summed E-state index contributed by atoms with van der Waals surface area (Å²) in [7, 11) is 1.71. The lowest BCUT2D eigenvalue weighted by atomic mass is 10.4. The van der Waals surface area contributed by atoms with Crippen molar-refractivity contribution in [3.63, 3.8) is 0 Å². The predicted molar refractivity (Wildman–Crippen MR) is 37.6 cm³/mol. The Kier molecular flexibility index (Phi) is 2.09. The summed E-state index contributed by atoms with van der Waals surface area (Å²) in [6.45, 7) is 0. The zero-order chi connectivity index (χ0) is 8.27. The Morgan fingerprint density at radius 1 is 1.91 bits per heavy atom. The first kappa shape index (κ1) is 7.57. The van der Waals surface area contributed by atoms with Gasteiger partial charge in [0, 0.05) is 13.2 Å². The van der Waals surface area contributed by atoms with Gasteiger partial charge in [-0.15, -0.1) is 0 Å². The molecule has 0 amide bonds. The highest BCUT2D eigenvalue weighted by molar-refractivity contribution is 5.57. The van der Waals surface area contributed by atoms with Crippen molar-refractivity contribution in [3.8, 4) is 6.07 Å². The second-order valence-electron chi connectivity index (χ2n) is 2.17. The van der Waals surface area contributed by atoms with Gasteiger partial charge in [0.2, 0.25) is 0 Å². The first-order valence-corrected chi connectivity index (χ1v) is 3.08. The second kappa shape index (κ2) is 3.03. The van der Waals surface area contributed by atoms with Crippen LogP contribution in [0.4, 0.5) is 0 Å². The minimum Gasteiger partial charge on any atom is -0.355 e. The molecule has 1 rings (SSSR count).